The zero-order chi connectivity index (χ0) is 22.4. The minimum atomic E-state index is -5.02. The maximum atomic E-state index is 13.6. The lowest BCUT2D eigenvalue weighted by Crippen LogP contribution is -2.37. The standard InChI is InChI=1S/C20H18F6N4O/c21-19(22,23)11-7-8-12(13(10-11)20(24,25)26)17-15-5-3-9-30(15)18(29-28-17)27-14-4-1-2-6-16(14)31/h3,5,7-10,14,16,31H,1-2,4,6H2,(H,27,29)/t14?,16-/m0/s1. The lowest BCUT2D eigenvalue weighted by molar-refractivity contribution is -0.142. The Bertz CT molecular complexity index is 1090. The molecule has 2 N–H and O–H groups in total. The number of hydrogen-bond donors (Lipinski definition) is 2. The molecular formula is C20H18F6N4O. The van der Waals surface area contributed by atoms with Crippen molar-refractivity contribution >= 4 is 11.5 Å². The summed E-state index contributed by atoms with van der Waals surface area (Å²) in [7, 11) is 0. The van der Waals surface area contributed by atoms with Gasteiger partial charge in [-0.3, -0.25) is 4.40 Å². The molecule has 166 valence electrons. The Morgan fingerprint density at radius 3 is 2.39 bits per heavy atom. The van der Waals surface area contributed by atoms with Gasteiger partial charge in [0.15, 0.2) is 0 Å². The molecule has 2 atom stereocenters. The summed E-state index contributed by atoms with van der Waals surface area (Å²) in [6.07, 6.45) is -5.83. The van der Waals surface area contributed by atoms with Gasteiger partial charge >= 0.3 is 12.4 Å². The molecule has 5 nitrogen and oxygen atoms in total. The lowest BCUT2D eigenvalue weighted by atomic mass is 9.93. The number of nitrogens with zero attached hydrogens (tertiary/aromatic N) is 3. The Labute approximate surface area is 172 Å². The summed E-state index contributed by atoms with van der Waals surface area (Å²) in [5, 5.41) is 21.1. The molecule has 0 aliphatic heterocycles. The van der Waals surface area contributed by atoms with E-state index in [1.54, 1.807) is 12.3 Å². The van der Waals surface area contributed by atoms with Gasteiger partial charge in [0.05, 0.1) is 28.8 Å². The number of aromatic nitrogens is 3. The molecule has 1 aliphatic rings. The smallest absolute Gasteiger partial charge is 0.391 e. The third-order valence-corrected chi connectivity index (χ3v) is 5.42. The molecule has 0 spiro atoms. The van der Waals surface area contributed by atoms with E-state index in [9.17, 15) is 31.4 Å². The Balaban J connectivity index is 1.80. The van der Waals surface area contributed by atoms with Crippen molar-refractivity contribution in [1.82, 2.24) is 14.6 Å². The zero-order valence-electron chi connectivity index (χ0n) is 16.0. The van der Waals surface area contributed by atoms with Crippen LogP contribution >= 0.6 is 0 Å². The normalized spacial score (nSPS) is 20.2. The minimum absolute atomic E-state index is 0.0843. The van der Waals surface area contributed by atoms with Gasteiger partial charge in [-0.25, -0.2) is 0 Å². The summed E-state index contributed by atoms with van der Waals surface area (Å²) in [6.45, 7) is 0. The highest BCUT2D eigenvalue weighted by atomic mass is 19.4. The molecule has 1 fully saturated rings. The van der Waals surface area contributed by atoms with Gasteiger partial charge in [0.1, 0.15) is 5.69 Å². The Hall–Kier alpha value is -2.82. The van der Waals surface area contributed by atoms with E-state index in [-0.39, 0.29) is 29.3 Å². The van der Waals surface area contributed by atoms with Crippen molar-refractivity contribution in [3.63, 3.8) is 0 Å². The lowest BCUT2D eigenvalue weighted by Gasteiger charge is -2.28. The maximum absolute atomic E-state index is 13.6. The third kappa shape index (κ3) is 4.18. The largest absolute Gasteiger partial charge is 0.417 e. The van der Waals surface area contributed by atoms with Crippen molar-refractivity contribution in [3.8, 4) is 11.3 Å². The quantitative estimate of drug-likeness (QED) is 0.549. The number of halogens is 6. The predicted molar refractivity (Wildman–Crippen MR) is 100 cm³/mol. The number of benzene rings is 1. The van der Waals surface area contributed by atoms with Crippen LogP contribution in [0, 0.1) is 0 Å². The fraction of sp³-hybridized carbons (Fsp3) is 0.400. The van der Waals surface area contributed by atoms with Gasteiger partial charge in [-0.05, 0) is 37.1 Å². The molecule has 1 unspecified atom stereocenters. The summed E-state index contributed by atoms with van der Waals surface area (Å²) < 4.78 is 81.2. The number of hydrogen-bond acceptors (Lipinski definition) is 4. The van der Waals surface area contributed by atoms with Crippen LogP contribution in [-0.4, -0.2) is 31.9 Å². The molecule has 1 saturated carbocycles. The average Bonchev–Trinajstić information content (AvgIpc) is 3.18. The SMILES string of the molecule is O[C@H]1CCCCC1Nc1nnc(-c2ccc(C(F)(F)F)cc2C(F)(F)F)c2cccn12. The number of nitrogens with one attached hydrogen (secondary N) is 1. The van der Waals surface area contributed by atoms with Gasteiger partial charge in [-0.15, -0.1) is 10.2 Å². The molecule has 0 bridgehead atoms. The van der Waals surface area contributed by atoms with Gasteiger partial charge < -0.3 is 10.4 Å². The minimum Gasteiger partial charge on any atom is -0.391 e. The fourth-order valence-electron chi connectivity index (χ4n) is 3.85. The molecule has 0 saturated heterocycles. The van der Waals surface area contributed by atoms with Crippen molar-refractivity contribution < 1.29 is 31.4 Å². The highest BCUT2D eigenvalue weighted by Gasteiger charge is 2.39. The van der Waals surface area contributed by atoms with Crippen LogP contribution < -0.4 is 5.32 Å². The van der Waals surface area contributed by atoms with E-state index in [2.05, 4.69) is 15.5 Å². The first-order valence-electron chi connectivity index (χ1n) is 9.63. The second-order valence-electron chi connectivity index (χ2n) is 7.49. The molecule has 3 aromatic rings. The summed E-state index contributed by atoms with van der Waals surface area (Å²) in [5.41, 5.74) is -3.29. The topological polar surface area (TPSA) is 62.5 Å². The molecule has 1 aromatic carbocycles. The van der Waals surface area contributed by atoms with Crippen LogP contribution in [-0.2, 0) is 12.4 Å². The van der Waals surface area contributed by atoms with E-state index in [4.69, 9.17) is 0 Å². The molecule has 0 amide bonds. The zero-order valence-corrected chi connectivity index (χ0v) is 16.0. The molecule has 1 aliphatic carbocycles. The van der Waals surface area contributed by atoms with Gasteiger partial charge in [0, 0.05) is 11.8 Å². The Kier molecular flexibility index (Phi) is 5.32. The van der Waals surface area contributed by atoms with Crippen molar-refractivity contribution in [2.45, 2.75) is 50.2 Å². The summed E-state index contributed by atoms with van der Waals surface area (Å²) in [4.78, 5) is 0. The fourth-order valence-corrected chi connectivity index (χ4v) is 3.85. The van der Waals surface area contributed by atoms with E-state index < -0.39 is 35.1 Å². The molecule has 2 heterocycles. The van der Waals surface area contributed by atoms with Crippen LogP contribution in [0.4, 0.5) is 32.3 Å². The second-order valence-corrected chi connectivity index (χ2v) is 7.49. The molecule has 11 heteroatoms. The van der Waals surface area contributed by atoms with Gasteiger partial charge in [0.25, 0.3) is 0 Å². The van der Waals surface area contributed by atoms with Crippen molar-refractivity contribution in [2.24, 2.45) is 0 Å². The van der Waals surface area contributed by atoms with E-state index in [1.165, 1.54) is 10.5 Å². The van der Waals surface area contributed by atoms with E-state index >= 15 is 0 Å². The van der Waals surface area contributed by atoms with Crippen molar-refractivity contribution in [2.75, 3.05) is 5.32 Å². The summed E-state index contributed by atoms with van der Waals surface area (Å²) in [6, 6.07) is 4.24. The second kappa shape index (κ2) is 7.70. The first kappa shape index (κ1) is 21.4. The Morgan fingerprint density at radius 1 is 0.968 bits per heavy atom. The summed E-state index contributed by atoms with van der Waals surface area (Å²) in [5.74, 6) is 0.232. The van der Waals surface area contributed by atoms with E-state index in [0.29, 0.717) is 18.9 Å². The average molecular weight is 444 g/mol. The first-order chi connectivity index (χ1) is 14.6. The molecule has 4 rings (SSSR count). The van der Waals surface area contributed by atoms with Gasteiger partial charge in [-0.2, -0.15) is 26.3 Å². The van der Waals surface area contributed by atoms with Crippen LogP contribution in [0.1, 0.15) is 36.8 Å². The highest BCUT2D eigenvalue weighted by Crippen LogP contribution is 2.41. The van der Waals surface area contributed by atoms with Crippen molar-refractivity contribution in [3.05, 3.63) is 47.7 Å². The van der Waals surface area contributed by atoms with Crippen LogP contribution in [0.3, 0.4) is 0 Å². The molecule has 0 radical (unpaired) electrons. The van der Waals surface area contributed by atoms with Crippen molar-refractivity contribution in [1.29, 1.82) is 0 Å². The molecule has 2 aromatic heterocycles. The summed E-state index contributed by atoms with van der Waals surface area (Å²) >= 11 is 0. The van der Waals surface area contributed by atoms with E-state index in [1.807, 2.05) is 0 Å². The maximum Gasteiger partial charge on any atom is 0.417 e. The number of fused-ring (bicyclic) bond motifs is 1. The van der Waals surface area contributed by atoms with Crippen LogP contribution in [0.15, 0.2) is 36.5 Å². The number of anilines is 1. The number of alkyl halides is 6. The van der Waals surface area contributed by atoms with E-state index in [0.717, 1.165) is 18.9 Å². The third-order valence-electron chi connectivity index (χ3n) is 5.42. The Morgan fingerprint density at radius 2 is 1.71 bits per heavy atom. The number of aliphatic hydroxyl groups is 1. The molecular weight excluding hydrogens is 426 g/mol. The first-order valence-corrected chi connectivity index (χ1v) is 9.63. The van der Waals surface area contributed by atoms with Crippen LogP contribution in [0.5, 0.6) is 0 Å². The number of aliphatic hydroxyl groups excluding tert-OH is 1. The van der Waals surface area contributed by atoms with Crippen LogP contribution in [0.25, 0.3) is 16.8 Å². The van der Waals surface area contributed by atoms with Gasteiger partial charge in [-0.1, -0.05) is 18.9 Å². The molecule has 31 heavy (non-hydrogen) atoms. The predicted octanol–water partition coefficient (Wildman–Crippen LogP) is 5.15. The monoisotopic (exact) mass is 444 g/mol. The van der Waals surface area contributed by atoms with Gasteiger partial charge in [0.2, 0.25) is 5.95 Å². The number of rotatable bonds is 3. The van der Waals surface area contributed by atoms with Crippen LogP contribution in [0.2, 0.25) is 0 Å². The highest BCUT2D eigenvalue weighted by molar-refractivity contribution is 5.80.